The number of barbiturate groups is 1. The number of hydrogen-bond acceptors (Lipinski definition) is 6. The maximum atomic E-state index is 12.8. The summed E-state index contributed by atoms with van der Waals surface area (Å²) in [6.45, 7) is 0. The van der Waals surface area contributed by atoms with Gasteiger partial charge in [-0.25, -0.2) is 14.3 Å². The number of imide groups is 2. The van der Waals surface area contributed by atoms with Gasteiger partial charge in [0.1, 0.15) is 16.9 Å². The molecule has 162 valence electrons. The van der Waals surface area contributed by atoms with Gasteiger partial charge in [0.25, 0.3) is 11.8 Å². The minimum atomic E-state index is -0.908. The number of carbonyl (C=O) groups is 3. The van der Waals surface area contributed by atoms with Gasteiger partial charge in [-0.3, -0.25) is 20.2 Å². The van der Waals surface area contributed by atoms with E-state index in [0.29, 0.717) is 27.2 Å². The third kappa shape index (κ3) is 3.81. The first kappa shape index (κ1) is 20.4. The lowest BCUT2D eigenvalue weighted by molar-refractivity contribution is -0.123. The van der Waals surface area contributed by atoms with Crippen molar-refractivity contribution in [2.75, 3.05) is 0 Å². The van der Waals surface area contributed by atoms with Crippen LogP contribution in [0.1, 0.15) is 5.56 Å². The molecule has 1 aliphatic rings. The number of rotatable bonds is 3. The van der Waals surface area contributed by atoms with E-state index in [1.807, 2.05) is 28.8 Å². The van der Waals surface area contributed by atoms with Crippen LogP contribution in [-0.4, -0.2) is 27.6 Å². The molecular weight excluding hydrogens is 448 g/mol. The summed E-state index contributed by atoms with van der Waals surface area (Å²) < 4.78 is 6.94. The van der Waals surface area contributed by atoms with Crippen LogP contribution < -0.4 is 16.3 Å². The van der Waals surface area contributed by atoms with E-state index in [-0.39, 0.29) is 16.8 Å². The molecule has 0 aliphatic carbocycles. The van der Waals surface area contributed by atoms with E-state index >= 15 is 0 Å². The van der Waals surface area contributed by atoms with Crippen molar-refractivity contribution >= 4 is 46.5 Å². The molecule has 2 aromatic heterocycles. The molecule has 0 radical (unpaired) electrons. The highest BCUT2D eigenvalue weighted by Gasteiger charge is 2.29. The predicted octanol–water partition coefficient (Wildman–Crippen LogP) is 3.05. The average molecular weight is 461 g/mol. The summed E-state index contributed by atoms with van der Waals surface area (Å²) in [6, 6.07) is 14.6. The zero-order valence-corrected chi connectivity index (χ0v) is 17.4. The second kappa shape index (κ2) is 7.88. The Bertz CT molecular complexity index is 1530. The third-order valence-electron chi connectivity index (χ3n) is 4.96. The zero-order chi connectivity index (χ0) is 23.1. The fourth-order valence-electron chi connectivity index (χ4n) is 3.44. The number of halogens is 1. The smallest absolute Gasteiger partial charge is 0.345 e. The molecule has 0 bridgehead atoms. The van der Waals surface area contributed by atoms with Crippen molar-refractivity contribution in [3.8, 4) is 16.9 Å². The van der Waals surface area contributed by atoms with E-state index in [2.05, 4.69) is 5.10 Å². The van der Waals surface area contributed by atoms with Crippen LogP contribution in [-0.2, 0) is 9.59 Å². The Kier molecular flexibility index (Phi) is 4.87. The zero-order valence-electron chi connectivity index (χ0n) is 16.7. The van der Waals surface area contributed by atoms with Crippen LogP contribution in [0, 0.1) is 0 Å². The van der Waals surface area contributed by atoms with E-state index in [1.165, 1.54) is 10.8 Å². The van der Waals surface area contributed by atoms with Crippen molar-refractivity contribution in [2.24, 2.45) is 0 Å². The highest BCUT2D eigenvalue weighted by Crippen LogP contribution is 2.27. The summed E-state index contributed by atoms with van der Waals surface area (Å²) in [7, 11) is 0. The molecule has 2 aromatic carbocycles. The Hall–Kier alpha value is -4.50. The van der Waals surface area contributed by atoms with E-state index in [1.54, 1.807) is 42.6 Å². The lowest BCUT2D eigenvalue weighted by atomic mass is 10.0. The molecule has 5 rings (SSSR count). The number of benzene rings is 2. The highest BCUT2D eigenvalue weighted by atomic mass is 35.5. The summed E-state index contributed by atoms with van der Waals surface area (Å²) in [5, 5.41) is 9.59. The topological polar surface area (TPSA) is 123 Å². The molecule has 0 unspecified atom stereocenters. The number of nitrogens with zero attached hydrogens (tertiary/aromatic N) is 2. The summed E-state index contributed by atoms with van der Waals surface area (Å²) in [6.07, 6.45) is 2.83. The number of carbonyl (C=O) groups excluding carboxylic acids is 3. The molecule has 4 aromatic rings. The van der Waals surface area contributed by atoms with Crippen molar-refractivity contribution in [3.63, 3.8) is 0 Å². The summed E-state index contributed by atoms with van der Waals surface area (Å²) in [4.78, 5) is 48.7. The standard InChI is InChI=1S/C23H13ClN4O5/c24-14-6-7-18-12(8-14)9-16(22(31)33-18)19-13(10-17-20(29)25-23(32)26-21(17)30)11-28(27-19)15-4-2-1-3-5-15/h1-11H,(H2,25,26,29,30,32). The minimum Gasteiger partial charge on any atom is -0.422 e. The second-order valence-electron chi connectivity index (χ2n) is 7.14. The number of hydrogen-bond donors (Lipinski definition) is 2. The Morgan fingerprint density at radius 1 is 0.939 bits per heavy atom. The molecular formula is C23H13ClN4O5. The van der Waals surface area contributed by atoms with Gasteiger partial charge in [-0.15, -0.1) is 0 Å². The van der Waals surface area contributed by atoms with Crippen LogP contribution in [0.2, 0.25) is 5.02 Å². The first-order valence-corrected chi connectivity index (χ1v) is 10.0. The number of nitrogens with one attached hydrogen (secondary N) is 2. The molecule has 1 saturated heterocycles. The predicted molar refractivity (Wildman–Crippen MR) is 120 cm³/mol. The first-order valence-electron chi connectivity index (χ1n) is 9.66. The van der Waals surface area contributed by atoms with Crippen molar-refractivity contribution in [1.29, 1.82) is 0 Å². The van der Waals surface area contributed by atoms with Gasteiger partial charge in [-0.1, -0.05) is 29.8 Å². The van der Waals surface area contributed by atoms with E-state index in [9.17, 15) is 19.2 Å². The maximum Gasteiger partial charge on any atom is 0.345 e. The molecule has 33 heavy (non-hydrogen) atoms. The largest absolute Gasteiger partial charge is 0.422 e. The number of urea groups is 1. The fraction of sp³-hybridized carbons (Fsp3) is 0. The van der Waals surface area contributed by atoms with Gasteiger partial charge in [0.05, 0.1) is 11.3 Å². The molecule has 0 spiro atoms. The van der Waals surface area contributed by atoms with Gasteiger partial charge < -0.3 is 4.42 Å². The molecule has 1 aliphatic heterocycles. The van der Waals surface area contributed by atoms with E-state index < -0.39 is 23.5 Å². The molecule has 4 amide bonds. The molecule has 2 N–H and O–H groups in total. The SMILES string of the molecule is O=C1NC(=O)C(=Cc2cn(-c3ccccc3)nc2-c2cc3cc(Cl)ccc3oc2=O)C(=O)N1. The monoisotopic (exact) mass is 460 g/mol. The molecule has 0 saturated carbocycles. The van der Waals surface area contributed by atoms with Gasteiger partial charge in [-0.2, -0.15) is 5.10 Å². The normalized spacial score (nSPS) is 13.7. The van der Waals surface area contributed by atoms with Gasteiger partial charge in [0.15, 0.2) is 0 Å². The van der Waals surface area contributed by atoms with Crippen LogP contribution in [0.25, 0.3) is 34.0 Å². The van der Waals surface area contributed by atoms with Crippen molar-refractivity contribution in [1.82, 2.24) is 20.4 Å². The van der Waals surface area contributed by atoms with Crippen molar-refractivity contribution in [2.45, 2.75) is 0 Å². The molecule has 10 heteroatoms. The Balaban J connectivity index is 1.73. The van der Waals surface area contributed by atoms with Crippen molar-refractivity contribution in [3.05, 3.63) is 87.4 Å². The number of para-hydroxylation sites is 1. The lowest BCUT2D eigenvalue weighted by Crippen LogP contribution is -2.51. The van der Waals surface area contributed by atoms with Crippen LogP contribution in [0.3, 0.4) is 0 Å². The third-order valence-corrected chi connectivity index (χ3v) is 5.19. The van der Waals surface area contributed by atoms with E-state index in [0.717, 1.165) is 0 Å². The Labute approximate surface area is 190 Å². The van der Waals surface area contributed by atoms with Crippen LogP contribution >= 0.6 is 11.6 Å². The average Bonchev–Trinajstić information content (AvgIpc) is 3.20. The second-order valence-corrected chi connectivity index (χ2v) is 7.57. The van der Waals surface area contributed by atoms with Gasteiger partial charge >= 0.3 is 11.7 Å². The molecule has 3 heterocycles. The fourth-order valence-corrected chi connectivity index (χ4v) is 3.62. The van der Waals surface area contributed by atoms with Gasteiger partial charge in [0, 0.05) is 22.2 Å². The Morgan fingerprint density at radius 2 is 1.67 bits per heavy atom. The quantitative estimate of drug-likeness (QED) is 0.275. The number of amides is 4. The minimum absolute atomic E-state index is 0.110. The first-order chi connectivity index (χ1) is 15.9. The lowest BCUT2D eigenvalue weighted by Gasteiger charge is -2.13. The highest BCUT2D eigenvalue weighted by molar-refractivity contribution is 6.31. The molecule has 0 atom stereocenters. The van der Waals surface area contributed by atoms with Gasteiger partial charge in [-0.05, 0) is 42.5 Å². The summed E-state index contributed by atoms with van der Waals surface area (Å²) in [5.41, 5.74) is 0.650. The van der Waals surface area contributed by atoms with Crippen LogP contribution in [0.4, 0.5) is 4.79 Å². The van der Waals surface area contributed by atoms with E-state index in [4.69, 9.17) is 16.0 Å². The number of aromatic nitrogens is 2. The summed E-state index contributed by atoms with van der Waals surface area (Å²) >= 11 is 6.08. The van der Waals surface area contributed by atoms with Crippen LogP contribution in [0.15, 0.2) is 75.6 Å². The molecule has 9 nitrogen and oxygen atoms in total. The van der Waals surface area contributed by atoms with Crippen molar-refractivity contribution < 1.29 is 18.8 Å². The molecule has 1 fully saturated rings. The summed E-state index contributed by atoms with van der Waals surface area (Å²) in [5.74, 6) is -1.72. The van der Waals surface area contributed by atoms with Gasteiger partial charge in [0.2, 0.25) is 0 Å². The Morgan fingerprint density at radius 3 is 2.39 bits per heavy atom. The number of fused-ring (bicyclic) bond motifs is 1. The maximum absolute atomic E-state index is 12.8. The van der Waals surface area contributed by atoms with Crippen LogP contribution in [0.5, 0.6) is 0 Å².